The van der Waals surface area contributed by atoms with Crippen LogP contribution in [-0.2, 0) is 0 Å². The van der Waals surface area contributed by atoms with Crippen molar-refractivity contribution >= 4 is 17.5 Å². The molecule has 102 valence electrons. The summed E-state index contributed by atoms with van der Waals surface area (Å²) in [6.07, 6.45) is 8.26. The summed E-state index contributed by atoms with van der Waals surface area (Å²) in [6.45, 7) is 0. The van der Waals surface area contributed by atoms with Gasteiger partial charge < -0.3 is 9.88 Å². The molecule has 2 fully saturated rings. The topological polar surface area (TPSA) is 53.2 Å². The van der Waals surface area contributed by atoms with Crippen molar-refractivity contribution < 1.29 is 4.79 Å². The molecule has 2 saturated carbocycles. The fourth-order valence-electron chi connectivity index (χ4n) is 2.89. The third-order valence-corrected chi connectivity index (χ3v) is 4.28. The Labute approximate surface area is 116 Å². The number of aromatic nitrogens is 1. The van der Waals surface area contributed by atoms with Crippen LogP contribution in [0, 0.1) is 0 Å². The molecule has 0 bridgehead atoms. The number of rotatable bonds is 3. The highest BCUT2D eigenvalue weighted by Crippen LogP contribution is 2.35. The maximum absolute atomic E-state index is 12.6. The monoisotopic (exact) mass is 280 g/mol. The van der Waals surface area contributed by atoms with Crippen LogP contribution in [0.15, 0.2) is 17.1 Å². The average molecular weight is 281 g/mol. The molecule has 0 aromatic carbocycles. The minimum absolute atomic E-state index is 0.00699. The lowest BCUT2D eigenvalue weighted by molar-refractivity contribution is 0.0664. The second-order valence-electron chi connectivity index (χ2n) is 5.45. The fraction of sp³-hybridized carbons (Fsp3) is 0.571. The van der Waals surface area contributed by atoms with Gasteiger partial charge in [-0.3, -0.25) is 9.59 Å². The van der Waals surface area contributed by atoms with Crippen LogP contribution in [0.5, 0.6) is 0 Å². The van der Waals surface area contributed by atoms with Crippen LogP contribution >= 0.6 is 11.6 Å². The third-order valence-electron chi connectivity index (χ3n) is 4.00. The summed E-state index contributed by atoms with van der Waals surface area (Å²) in [7, 11) is 0. The van der Waals surface area contributed by atoms with Gasteiger partial charge in [-0.15, -0.1) is 0 Å². The Balaban J connectivity index is 1.86. The molecule has 5 heteroatoms. The van der Waals surface area contributed by atoms with E-state index in [-0.39, 0.29) is 16.5 Å². The normalized spacial score (nSPS) is 19.6. The molecule has 0 aliphatic heterocycles. The van der Waals surface area contributed by atoms with Crippen LogP contribution in [-0.4, -0.2) is 27.9 Å². The van der Waals surface area contributed by atoms with E-state index in [4.69, 9.17) is 11.6 Å². The van der Waals surface area contributed by atoms with Crippen molar-refractivity contribution in [1.29, 1.82) is 0 Å². The average Bonchev–Trinajstić information content (AvgIpc) is 3.08. The van der Waals surface area contributed by atoms with Gasteiger partial charge in [0, 0.05) is 18.3 Å². The lowest BCUT2D eigenvalue weighted by Gasteiger charge is -2.29. The number of aromatic amines is 1. The fourth-order valence-corrected chi connectivity index (χ4v) is 3.07. The second-order valence-corrected chi connectivity index (χ2v) is 5.85. The van der Waals surface area contributed by atoms with Crippen LogP contribution in [0.25, 0.3) is 0 Å². The van der Waals surface area contributed by atoms with E-state index in [9.17, 15) is 9.59 Å². The molecule has 2 aliphatic rings. The zero-order valence-electron chi connectivity index (χ0n) is 10.7. The molecule has 0 spiro atoms. The molecule has 1 amide bonds. The van der Waals surface area contributed by atoms with E-state index in [0.717, 1.165) is 25.7 Å². The Morgan fingerprint density at radius 2 is 1.84 bits per heavy atom. The molecule has 1 heterocycles. The number of carbonyl (C=O) groups excluding carboxylic acids is 1. The van der Waals surface area contributed by atoms with Gasteiger partial charge >= 0.3 is 0 Å². The van der Waals surface area contributed by atoms with Gasteiger partial charge in [-0.25, -0.2) is 0 Å². The molecule has 0 atom stereocenters. The number of H-pyrrole nitrogens is 1. The second kappa shape index (κ2) is 5.00. The zero-order valence-corrected chi connectivity index (χ0v) is 11.4. The predicted octanol–water partition coefficient (Wildman–Crippen LogP) is 2.58. The number of nitrogens with one attached hydrogen (secondary N) is 1. The molecule has 1 aromatic heterocycles. The first-order valence-corrected chi connectivity index (χ1v) is 7.25. The highest BCUT2D eigenvalue weighted by molar-refractivity contribution is 6.30. The highest BCUT2D eigenvalue weighted by Gasteiger charge is 2.38. The summed E-state index contributed by atoms with van der Waals surface area (Å²) in [5.41, 5.74) is 0.139. The first-order valence-electron chi connectivity index (χ1n) is 6.87. The minimum atomic E-state index is -0.350. The van der Waals surface area contributed by atoms with Gasteiger partial charge in [0.05, 0.1) is 5.56 Å². The van der Waals surface area contributed by atoms with Gasteiger partial charge in [0.2, 0.25) is 0 Å². The number of pyridine rings is 1. The van der Waals surface area contributed by atoms with Crippen molar-refractivity contribution in [2.75, 3.05) is 0 Å². The molecule has 1 aromatic rings. The molecule has 0 radical (unpaired) electrons. The van der Waals surface area contributed by atoms with Crippen LogP contribution < -0.4 is 5.56 Å². The van der Waals surface area contributed by atoms with E-state index < -0.39 is 0 Å². The Bertz CT molecular complexity index is 545. The van der Waals surface area contributed by atoms with Crippen LogP contribution in [0.2, 0.25) is 5.02 Å². The highest BCUT2D eigenvalue weighted by atomic mass is 35.5. The Morgan fingerprint density at radius 3 is 2.42 bits per heavy atom. The van der Waals surface area contributed by atoms with E-state index in [1.165, 1.54) is 25.1 Å². The maximum atomic E-state index is 12.6. The van der Waals surface area contributed by atoms with Gasteiger partial charge in [0.25, 0.3) is 11.5 Å². The summed E-state index contributed by atoms with van der Waals surface area (Å²) in [5.74, 6) is 0.00699. The van der Waals surface area contributed by atoms with Crippen molar-refractivity contribution in [3.05, 3.63) is 33.2 Å². The van der Waals surface area contributed by atoms with Crippen LogP contribution in [0.4, 0.5) is 0 Å². The molecular weight excluding hydrogens is 264 g/mol. The third kappa shape index (κ3) is 2.54. The molecule has 4 nitrogen and oxygen atoms in total. The molecule has 19 heavy (non-hydrogen) atoms. The van der Waals surface area contributed by atoms with Crippen molar-refractivity contribution in [3.8, 4) is 0 Å². The standard InChI is InChI=1S/C14H17ClN2O2/c15-12-7-9(8-16-13(12)18)14(19)17(11-5-6-11)10-3-1-2-4-10/h7-8,10-11H,1-6H2,(H,16,18). The number of carbonyl (C=O) groups is 1. The largest absolute Gasteiger partial charge is 0.333 e. The predicted molar refractivity (Wildman–Crippen MR) is 73.5 cm³/mol. The van der Waals surface area contributed by atoms with E-state index in [1.807, 2.05) is 4.90 Å². The summed E-state index contributed by atoms with van der Waals surface area (Å²) in [6, 6.07) is 2.24. The Hall–Kier alpha value is -1.29. The molecule has 1 N–H and O–H groups in total. The van der Waals surface area contributed by atoms with Gasteiger partial charge in [-0.2, -0.15) is 0 Å². The Morgan fingerprint density at radius 1 is 1.21 bits per heavy atom. The van der Waals surface area contributed by atoms with Crippen molar-refractivity contribution in [2.45, 2.75) is 50.6 Å². The van der Waals surface area contributed by atoms with E-state index in [2.05, 4.69) is 4.98 Å². The zero-order chi connectivity index (χ0) is 13.4. The van der Waals surface area contributed by atoms with Crippen LogP contribution in [0.3, 0.4) is 0 Å². The van der Waals surface area contributed by atoms with E-state index >= 15 is 0 Å². The quantitative estimate of drug-likeness (QED) is 0.925. The maximum Gasteiger partial charge on any atom is 0.266 e. The number of amides is 1. The lowest BCUT2D eigenvalue weighted by Crippen LogP contribution is -2.40. The van der Waals surface area contributed by atoms with Crippen molar-refractivity contribution in [3.63, 3.8) is 0 Å². The smallest absolute Gasteiger partial charge is 0.266 e. The van der Waals surface area contributed by atoms with E-state index in [1.54, 1.807) is 0 Å². The molecular formula is C14H17ClN2O2. The van der Waals surface area contributed by atoms with E-state index in [0.29, 0.717) is 17.6 Å². The number of halogens is 1. The summed E-state index contributed by atoms with van der Waals surface area (Å²) in [5, 5.41) is 0.0769. The van der Waals surface area contributed by atoms with Gasteiger partial charge in [-0.05, 0) is 31.7 Å². The SMILES string of the molecule is O=C(c1c[nH]c(=O)c(Cl)c1)N(C1CCCC1)C1CC1. The number of hydrogen-bond donors (Lipinski definition) is 1. The molecule has 2 aliphatic carbocycles. The minimum Gasteiger partial charge on any atom is -0.333 e. The summed E-state index contributed by atoms with van der Waals surface area (Å²) in [4.78, 5) is 28.4. The Kier molecular flexibility index (Phi) is 3.35. The summed E-state index contributed by atoms with van der Waals surface area (Å²) >= 11 is 5.80. The number of hydrogen-bond acceptors (Lipinski definition) is 2. The molecule has 3 rings (SSSR count). The first kappa shape index (κ1) is 12.7. The summed E-state index contributed by atoms with van der Waals surface area (Å²) < 4.78 is 0. The van der Waals surface area contributed by atoms with Gasteiger partial charge in [0.15, 0.2) is 0 Å². The molecule has 0 unspecified atom stereocenters. The van der Waals surface area contributed by atoms with Crippen molar-refractivity contribution in [1.82, 2.24) is 9.88 Å². The first-order chi connectivity index (χ1) is 9.16. The van der Waals surface area contributed by atoms with Gasteiger partial charge in [-0.1, -0.05) is 24.4 Å². The van der Waals surface area contributed by atoms with Gasteiger partial charge in [0.1, 0.15) is 5.02 Å². The van der Waals surface area contributed by atoms with Crippen LogP contribution in [0.1, 0.15) is 48.9 Å². The molecule has 0 saturated heterocycles. The number of nitrogens with zero attached hydrogens (tertiary/aromatic N) is 1. The lowest BCUT2D eigenvalue weighted by atomic mass is 10.1. The van der Waals surface area contributed by atoms with Crippen molar-refractivity contribution in [2.24, 2.45) is 0 Å².